The molecule has 1 aromatic carbocycles. The van der Waals surface area contributed by atoms with Gasteiger partial charge in [-0.1, -0.05) is 12.1 Å². The minimum atomic E-state index is -4.79. The number of nitrogens with one attached hydrogen (secondary N) is 1. The standard InChI is InChI=1S/C19H19F3N2O5/c20-19(21,22)29-14-5-3-12(4-6-14)16(25)9-23-18(27)13-8-17(26)24(10-13)11-15-2-1-7-28-15/h1-7,13,16,25H,8-11H2,(H,23,27). The van der Waals surface area contributed by atoms with Crippen molar-refractivity contribution in [2.24, 2.45) is 5.92 Å². The molecule has 2 amide bonds. The Hall–Kier alpha value is -3.01. The molecule has 2 atom stereocenters. The summed E-state index contributed by atoms with van der Waals surface area (Å²) < 4.78 is 45.5. The fourth-order valence-electron chi connectivity index (χ4n) is 3.04. The van der Waals surface area contributed by atoms with Gasteiger partial charge in [-0.2, -0.15) is 0 Å². The highest BCUT2D eigenvalue weighted by Crippen LogP contribution is 2.25. The number of carbonyl (C=O) groups excluding carboxylic acids is 2. The van der Waals surface area contributed by atoms with E-state index in [-0.39, 0.29) is 37.9 Å². The average Bonchev–Trinajstić information content (AvgIpc) is 3.29. The summed E-state index contributed by atoms with van der Waals surface area (Å²) in [6.07, 6.45) is -4.34. The first-order valence-corrected chi connectivity index (χ1v) is 8.83. The van der Waals surface area contributed by atoms with Crippen molar-refractivity contribution < 1.29 is 37.0 Å². The zero-order valence-electron chi connectivity index (χ0n) is 15.2. The molecule has 0 radical (unpaired) electrons. The first kappa shape index (κ1) is 20.7. The van der Waals surface area contributed by atoms with Crippen molar-refractivity contribution in [1.82, 2.24) is 10.2 Å². The molecular formula is C19H19F3N2O5. The summed E-state index contributed by atoms with van der Waals surface area (Å²) in [7, 11) is 0. The molecule has 0 spiro atoms. The fraction of sp³-hybridized carbons (Fsp3) is 0.368. The van der Waals surface area contributed by atoms with Crippen molar-refractivity contribution in [2.45, 2.75) is 25.4 Å². The van der Waals surface area contributed by atoms with Crippen molar-refractivity contribution in [3.8, 4) is 5.75 Å². The third kappa shape index (κ3) is 5.74. The van der Waals surface area contributed by atoms with E-state index in [1.54, 1.807) is 12.1 Å². The van der Waals surface area contributed by atoms with Crippen LogP contribution in [0.15, 0.2) is 47.1 Å². The van der Waals surface area contributed by atoms with E-state index in [1.807, 2.05) is 0 Å². The molecule has 0 bridgehead atoms. The van der Waals surface area contributed by atoms with Gasteiger partial charge in [0.15, 0.2) is 0 Å². The lowest BCUT2D eigenvalue weighted by atomic mass is 10.1. The number of hydrogen-bond donors (Lipinski definition) is 2. The minimum absolute atomic E-state index is 0.0616. The highest BCUT2D eigenvalue weighted by molar-refractivity contribution is 5.89. The maximum absolute atomic E-state index is 12.3. The number of benzene rings is 1. The summed E-state index contributed by atoms with van der Waals surface area (Å²) >= 11 is 0. The Bertz CT molecular complexity index is 837. The molecule has 2 unspecified atom stereocenters. The number of halogens is 3. The number of furan rings is 1. The Balaban J connectivity index is 1.48. The topological polar surface area (TPSA) is 92.0 Å². The Morgan fingerprint density at radius 2 is 2.03 bits per heavy atom. The van der Waals surface area contributed by atoms with Crippen LogP contribution in [0, 0.1) is 5.92 Å². The number of alkyl halides is 3. The smallest absolute Gasteiger partial charge is 0.467 e. The van der Waals surface area contributed by atoms with Crippen LogP contribution in [0.1, 0.15) is 23.8 Å². The Labute approximate surface area is 164 Å². The Morgan fingerprint density at radius 1 is 1.31 bits per heavy atom. The van der Waals surface area contributed by atoms with Crippen LogP contribution in [-0.4, -0.2) is 41.3 Å². The average molecular weight is 412 g/mol. The molecule has 2 N–H and O–H groups in total. The van der Waals surface area contributed by atoms with Gasteiger partial charge in [-0.05, 0) is 29.8 Å². The molecule has 1 aliphatic rings. The van der Waals surface area contributed by atoms with Gasteiger partial charge in [-0.3, -0.25) is 9.59 Å². The highest BCUT2D eigenvalue weighted by atomic mass is 19.4. The molecule has 3 rings (SSSR count). The van der Waals surface area contributed by atoms with Crippen molar-refractivity contribution in [3.63, 3.8) is 0 Å². The van der Waals surface area contributed by atoms with Crippen molar-refractivity contribution in [1.29, 1.82) is 0 Å². The molecule has 1 aromatic heterocycles. The van der Waals surface area contributed by atoms with Crippen LogP contribution >= 0.6 is 0 Å². The molecule has 7 nitrogen and oxygen atoms in total. The zero-order chi connectivity index (χ0) is 21.0. The van der Waals surface area contributed by atoms with Gasteiger partial charge in [0.1, 0.15) is 11.5 Å². The second kappa shape index (κ2) is 8.56. The molecule has 1 aliphatic heterocycles. The van der Waals surface area contributed by atoms with Gasteiger partial charge >= 0.3 is 6.36 Å². The molecule has 10 heteroatoms. The van der Waals surface area contributed by atoms with Gasteiger partial charge in [-0.15, -0.1) is 13.2 Å². The van der Waals surface area contributed by atoms with Crippen molar-refractivity contribution in [3.05, 3.63) is 54.0 Å². The summed E-state index contributed by atoms with van der Waals surface area (Å²) in [6, 6.07) is 8.17. The summed E-state index contributed by atoms with van der Waals surface area (Å²) in [6.45, 7) is 0.386. The second-order valence-electron chi connectivity index (χ2n) is 6.63. The van der Waals surface area contributed by atoms with Gasteiger partial charge in [0.05, 0.1) is 24.8 Å². The van der Waals surface area contributed by atoms with E-state index in [0.29, 0.717) is 11.3 Å². The van der Waals surface area contributed by atoms with E-state index in [2.05, 4.69) is 10.1 Å². The van der Waals surface area contributed by atoms with Crippen LogP contribution in [0.3, 0.4) is 0 Å². The van der Waals surface area contributed by atoms with Crippen molar-refractivity contribution in [2.75, 3.05) is 13.1 Å². The van der Waals surface area contributed by atoms with Crippen molar-refractivity contribution >= 4 is 11.8 Å². The largest absolute Gasteiger partial charge is 0.573 e. The maximum atomic E-state index is 12.3. The molecule has 1 saturated heterocycles. The van der Waals surface area contributed by atoms with Crippen LogP contribution in [0.5, 0.6) is 5.75 Å². The van der Waals surface area contributed by atoms with Gasteiger partial charge in [0, 0.05) is 19.5 Å². The Kier molecular flexibility index (Phi) is 6.12. The lowest BCUT2D eigenvalue weighted by molar-refractivity contribution is -0.274. The predicted molar refractivity (Wildman–Crippen MR) is 93.3 cm³/mol. The van der Waals surface area contributed by atoms with E-state index < -0.39 is 24.1 Å². The molecule has 29 heavy (non-hydrogen) atoms. The number of carbonyl (C=O) groups is 2. The van der Waals surface area contributed by atoms with Gasteiger partial charge in [0.2, 0.25) is 11.8 Å². The molecule has 1 fully saturated rings. The Morgan fingerprint density at radius 3 is 2.66 bits per heavy atom. The second-order valence-corrected chi connectivity index (χ2v) is 6.63. The van der Waals surface area contributed by atoms with Crippen LogP contribution in [-0.2, 0) is 16.1 Å². The number of rotatable bonds is 7. The van der Waals surface area contributed by atoms with Crippen LogP contribution in [0.2, 0.25) is 0 Å². The van der Waals surface area contributed by atoms with E-state index in [0.717, 1.165) is 12.1 Å². The van der Waals surface area contributed by atoms with Crippen LogP contribution in [0.4, 0.5) is 13.2 Å². The van der Waals surface area contributed by atoms with Crippen LogP contribution in [0.25, 0.3) is 0 Å². The van der Waals surface area contributed by atoms with Gasteiger partial charge < -0.3 is 24.5 Å². The molecule has 2 heterocycles. The maximum Gasteiger partial charge on any atom is 0.573 e. The van der Waals surface area contributed by atoms with E-state index in [9.17, 15) is 27.9 Å². The number of amides is 2. The lowest BCUT2D eigenvalue weighted by Crippen LogP contribution is -2.35. The van der Waals surface area contributed by atoms with E-state index in [1.165, 1.54) is 23.3 Å². The summed E-state index contributed by atoms with van der Waals surface area (Å²) in [4.78, 5) is 25.9. The third-order valence-corrected chi connectivity index (χ3v) is 4.48. The monoisotopic (exact) mass is 412 g/mol. The quantitative estimate of drug-likeness (QED) is 0.729. The molecule has 0 saturated carbocycles. The van der Waals surface area contributed by atoms with Gasteiger partial charge in [-0.25, -0.2) is 0 Å². The lowest BCUT2D eigenvalue weighted by Gasteiger charge is -2.17. The summed E-state index contributed by atoms with van der Waals surface area (Å²) in [5, 5.41) is 12.7. The minimum Gasteiger partial charge on any atom is -0.467 e. The predicted octanol–water partition coefficient (Wildman–Crippen LogP) is 2.38. The third-order valence-electron chi connectivity index (χ3n) is 4.48. The SMILES string of the molecule is O=C(NCC(O)c1ccc(OC(F)(F)F)cc1)C1CC(=O)N(Cc2ccco2)C1. The number of aliphatic hydroxyl groups excluding tert-OH is 1. The molecular weight excluding hydrogens is 393 g/mol. The van der Waals surface area contributed by atoms with Crippen LogP contribution < -0.4 is 10.1 Å². The first-order valence-electron chi connectivity index (χ1n) is 8.83. The zero-order valence-corrected chi connectivity index (χ0v) is 15.2. The number of ether oxygens (including phenoxy) is 1. The van der Waals surface area contributed by atoms with E-state index >= 15 is 0 Å². The number of hydrogen-bond acceptors (Lipinski definition) is 5. The van der Waals surface area contributed by atoms with Gasteiger partial charge in [0.25, 0.3) is 0 Å². The molecule has 2 aromatic rings. The molecule has 156 valence electrons. The van der Waals surface area contributed by atoms with E-state index in [4.69, 9.17) is 4.42 Å². The summed E-state index contributed by atoms with van der Waals surface area (Å²) in [5.41, 5.74) is 0.321. The number of aliphatic hydroxyl groups is 1. The number of likely N-dealkylation sites (tertiary alicyclic amines) is 1. The fourth-order valence-corrected chi connectivity index (χ4v) is 3.04. The highest BCUT2D eigenvalue weighted by Gasteiger charge is 2.35. The molecule has 0 aliphatic carbocycles. The first-order chi connectivity index (χ1) is 13.7. The number of nitrogens with zero attached hydrogens (tertiary/aromatic N) is 1. The normalized spacial score (nSPS) is 18.0. The summed E-state index contributed by atoms with van der Waals surface area (Å²) in [5.74, 6) is -0.877.